The summed E-state index contributed by atoms with van der Waals surface area (Å²) in [5.41, 5.74) is 3.83. The number of nitrogens with zero attached hydrogens (tertiary/aromatic N) is 1. The number of aromatic amines is 1. The average Bonchev–Trinajstić information content (AvgIpc) is 2.32. The molecule has 0 aliphatic carbocycles. The largest absolute Gasteiger partial charge is 0.377 e. The van der Waals surface area contributed by atoms with E-state index < -0.39 is 0 Å². The summed E-state index contributed by atoms with van der Waals surface area (Å²) in [6.45, 7) is 4.37. The number of methoxy groups -OCH3 is 1. The summed E-state index contributed by atoms with van der Waals surface area (Å²) in [5.74, 6) is 0.543. The van der Waals surface area contributed by atoms with Gasteiger partial charge in [0, 0.05) is 18.7 Å². The summed E-state index contributed by atoms with van der Waals surface area (Å²) in [5, 5.41) is 0. The number of aromatic nitrogens is 2. The van der Waals surface area contributed by atoms with E-state index in [-0.39, 0.29) is 5.56 Å². The van der Waals surface area contributed by atoms with Gasteiger partial charge in [0.1, 0.15) is 12.4 Å². The second kappa shape index (κ2) is 5.14. The zero-order valence-corrected chi connectivity index (χ0v) is 10.8. The monoisotopic (exact) mass is 244 g/mol. The summed E-state index contributed by atoms with van der Waals surface area (Å²) < 4.78 is 5.00. The molecule has 4 heteroatoms. The van der Waals surface area contributed by atoms with Gasteiger partial charge in [-0.2, -0.15) is 0 Å². The molecular formula is C14H16N2O2. The van der Waals surface area contributed by atoms with Gasteiger partial charge in [0.05, 0.1) is 5.69 Å². The lowest BCUT2D eigenvalue weighted by molar-refractivity contribution is 0.177. The molecule has 0 bridgehead atoms. The van der Waals surface area contributed by atoms with Crippen molar-refractivity contribution in [3.05, 3.63) is 51.6 Å². The minimum Gasteiger partial charge on any atom is -0.377 e. The van der Waals surface area contributed by atoms with Crippen molar-refractivity contribution < 1.29 is 4.74 Å². The minimum atomic E-state index is -0.159. The Kier molecular flexibility index (Phi) is 3.58. The molecule has 0 spiro atoms. The Morgan fingerprint density at radius 3 is 2.83 bits per heavy atom. The van der Waals surface area contributed by atoms with Gasteiger partial charge in [0.15, 0.2) is 0 Å². The van der Waals surface area contributed by atoms with Crippen molar-refractivity contribution in [2.24, 2.45) is 0 Å². The highest BCUT2D eigenvalue weighted by atomic mass is 16.5. The van der Waals surface area contributed by atoms with Gasteiger partial charge >= 0.3 is 0 Å². The normalized spacial score (nSPS) is 10.6. The first-order valence-electron chi connectivity index (χ1n) is 5.77. The highest BCUT2D eigenvalue weighted by Gasteiger charge is 2.07. The smallest absolute Gasteiger partial charge is 0.251 e. The van der Waals surface area contributed by atoms with Gasteiger partial charge in [-0.1, -0.05) is 18.2 Å². The number of rotatable bonds is 3. The van der Waals surface area contributed by atoms with Crippen LogP contribution >= 0.6 is 0 Å². The fourth-order valence-electron chi connectivity index (χ4n) is 1.88. The quantitative estimate of drug-likeness (QED) is 0.900. The molecular weight excluding hydrogens is 228 g/mol. The van der Waals surface area contributed by atoms with Crippen molar-refractivity contribution in [1.82, 2.24) is 9.97 Å². The van der Waals surface area contributed by atoms with Crippen LogP contribution in [0.15, 0.2) is 29.1 Å². The SMILES string of the molecule is COCc1nc(-c2cccc(C)c2C)cc(=O)[nH]1. The predicted octanol–water partition coefficient (Wildman–Crippen LogP) is 2.20. The molecule has 0 fully saturated rings. The van der Waals surface area contributed by atoms with E-state index >= 15 is 0 Å². The summed E-state index contributed by atoms with van der Waals surface area (Å²) in [6, 6.07) is 7.50. The molecule has 2 aromatic rings. The lowest BCUT2D eigenvalue weighted by Gasteiger charge is -2.08. The van der Waals surface area contributed by atoms with E-state index in [1.165, 1.54) is 11.6 Å². The van der Waals surface area contributed by atoms with Crippen molar-refractivity contribution in [3.8, 4) is 11.3 Å². The molecule has 0 aliphatic rings. The molecule has 94 valence electrons. The molecule has 18 heavy (non-hydrogen) atoms. The van der Waals surface area contributed by atoms with E-state index in [0.29, 0.717) is 18.1 Å². The number of ether oxygens (including phenoxy) is 1. The Morgan fingerprint density at radius 2 is 2.11 bits per heavy atom. The van der Waals surface area contributed by atoms with Gasteiger partial charge in [-0.15, -0.1) is 0 Å². The average molecular weight is 244 g/mol. The van der Waals surface area contributed by atoms with Gasteiger partial charge in [-0.25, -0.2) is 4.98 Å². The van der Waals surface area contributed by atoms with Crippen molar-refractivity contribution in [3.63, 3.8) is 0 Å². The number of nitrogens with one attached hydrogen (secondary N) is 1. The van der Waals surface area contributed by atoms with Crippen LogP contribution in [0.1, 0.15) is 17.0 Å². The Hall–Kier alpha value is -1.94. The van der Waals surface area contributed by atoms with Crippen LogP contribution in [0.4, 0.5) is 0 Å². The predicted molar refractivity (Wildman–Crippen MR) is 70.5 cm³/mol. The lowest BCUT2D eigenvalue weighted by atomic mass is 10.0. The highest BCUT2D eigenvalue weighted by Crippen LogP contribution is 2.22. The molecule has 2 rings (SSSR count). The second-order valence-corrected chi connectivity index (χ2v) is 4.26. The van der Waals surface area contributed by atoms with E-state index in [2.05, 4.69) is 9.97 Å². The third-order valence-corrected chi connectivity index (χ3v) is 2.95. The minimum absolute atomic E-state index is 0.159. The molecule has 0 radical (unpaired) electrons. The van der Waals surface area contributed by atoms with E-state index in [1.807, 2.05) is 32.0 Å². The van der Waals surface area contributed by atoms with Crippen LogP contribution in [0.5, 0.6) is 0 Å². The van der Waals surface area contributed by atoms with E-state index in [9.17, 15) is 4.79 Å². The molecule has 0 atom stereocenters. The Labute approximate surface area is 106 Å². The van der Waals surface area contributed by atoms with Crippen LogP contribution in [0.2, 0.25) is 0 Å². The first-order valence-corrected chi connectivity index (χ1v) is 5.77. The summed E-state index contributed by atoms with van der Waals surface area (Å²) in [7, 11) is 1.57. The van der Waals surface area contributed by atoms with Gasteiger partial charge in [0.2, 0.25) is 0 Å². The Bertz CT molecular complexity index is 617. The number of H-pyrrole nitrogens is 1. The van der Waals surface area contributed by atoms with Crippen LogP contribution in [-0.2, 0) is 11.3 Å². The van der Waals surface area contributed by atoms with Crippen molar-refractivity contribution in [2.75, 3.05) is 7.11 Å². The van der Waals surface area contributed by atoms with E-state index in [4.69, 9.17) is 4.74 Å². The highest BCUT2D eigenvalue weighted by molar-refractivity contribution is 5.64. The summed E-state index contributed by atoms with van der Waals surface area (Å²) >= 11 is 0. The summed E-state index contributed by atoms with van der Waals surface area (Å²) in [4.78, 5) is 18.7. The fraction of sp³-hybridized carbons (Fsp3) is 0.286. The van der Waals surface area contributed by atoms with Crippen molar-refractivity contribution in [1.29, 1.82) is 0 Å². The lowest BCUT2D eigenvalue weighted by Crippen LogP contribution is -2.12. The molecule has 1 aromatic heterocycles. The van der Waals surface area contributed by atoms with Gasteiger partial charge in [-0.3, -0.25) is 4.79 Å². The molecule has 4 nitrogen and oxygen atoms in total. The van der Waals surface area contributed by atoms with Crippen molar-refractivity contribution in [2.45, 2.75) is 20.5 Å². The number of aryl methyl sites for hydroxylation is 1. The standard InChI is InChI=1S/C14H16N2O2/c1-9-5-4-6-11(10(9)2)12-7-14(17)16-13(15-12)8-18-3/h4-7H,8H2,1-3H3,(H,15,16,17). The van der Waals surface area contributed by atoms with E-state index in [0.717, 1.165) is 11.1 Å². The number of hydrogen-bond donors (Lipinski definition) is 1. The van der Waals surface area contributed by atoms with Crippen LogP contribution in [-0.4, -0.2) is 17.1 Å². The third-order valence-electron chi connectivity index (χ3n) is 2.95. The Morgan fingerprint density at radius 1 is 1.33 bits per heavy atom. The molecule has 1 N–H and O–H groups in total. The molecule has 0 unspecified atom stereocenters. The molecule has 1 aromatic carbocycles. The molecule has 0 saturated carbocycles. The fourth-order valence-corrected chi connectivity index (χ4v) is 1.88. The van der Waals surface area contributed by atoms with Gasteiger partial charge in [0.25, 0.3) is 5.56 Å². The summed E-state index contributed by atoms with van der Waals surface area (Å²) in [6.07, 6.45) is 0. The van der Waals surface area contributed by atoms with Gasteiger partial charge < -0.3 is 9.72 Å². The molecule has 0 saturated heterocycles. The topological polar surface area (TPSA) is 55.0 Å². The zero-order valence-electron chi connectivity index (χ0n) is 10.8. The molecule has 1 heterocycles. The maximum absolute atomic E-state index is 11.6. The first kappa shape index (κ1) is 12.5. The third kappa shape index (κ3) is 2.49. The van der Waals surface area contributed by atoms with Crippen molar-refractivity contribution >= 4 is 0 Å². The number of benzene rings is 1. The van der Waals surface area contributed by atoms with Gasteiger partial charge in [-0.05, 0) is 25.0 Å². The first-order chi connectivity index (χ1) is 8.61. The maximum atomic E-state index is 11.6. The van der Waals surface area contributed by atoms with Crippen LogP contribution in [0.25, 0.3) is 11.3 Å². The second-order valence-electron chi connectivity index (χ2n) is 4.26. The van der Waals surface area contributed by atoms with Crippen LogP contribution in [0, 0.1) is 13.8 Å². The number of hydrogen-bond acceptors (Lipinski definition) is 3. The van der Waals surface area contributed by atoms with Crippen LogP contribution in [0.3, 0.4) is 0 Å². The Balaban J connectivity index is 2.56. The molecule has 0 aliphatic heterocycles. The van der Waals surface area contributed by atoms with E-state index in [1.54, 1.807) is 7.11 Å². The van der Waals surface area contributed by atoms with Crippen LogP contribution < -0.4 is 5.56 Å². The molecule has 0 amide bonds. The zero-order chi connectivity index (χ0) is 13.1. The maximum Gasteiger partial charge on any atom is 0.251 e.